The van der Waals surface area contributed by atoms with Crippen molar-refractivity contribution >= 4 is 16.0 Å². The normalized spacial score (nSPS) is 18.0. The molecule has 0 aliphatic carbocycles. The SMILES string of the molecule is CCN1C[C@H](c2ccc(OS(=O)(=O)c3ccc(C)cc3)cc2)OCC1=O. The quantitative estimate of drug-likeness (QED) is 0.752. The summed E-state index contributed by atoms with van der Waals surface area (Å²) in [6.07, 6.45) is -0.226. The second-order valence-corrected chi connectivity index (χ2v) is 7.70. The van der Waals surface area contributed by atoms with Crippen LogP contribution in [-0.4, -0.2) is 38.9 Å². The Hall–Kier alpha value is -2.38. The van der Waals surface area contributed by atoms with Crippen molar-refractivity contribution in [2.75, 3.05) is 19.7 Å². The van der Waals surface area contributed by atoms with E-state index in [4.69, 9.17) is 8.92 Å². The molecule has 1 saturated heterocycles. The highest BCUT2D eigenvalue weighted by molar-refractivity contribution is 7.87. The van der Waals surface area contributed by atoms with Gasteiger partial charge in [-0.05, 0) is 43.7 Å². The minimum absolute atomic E-state index is 0.0205. The summed E-state index contributed by atoms with van der Waals surface area (Å²) in [4.78, 5) is 13.5. The molecule has 0 unspecified atom stereocenters. The number of carbonyl (C=O) groups excluding carboxylic acids is 1. The molecular weight excluding hydrogens is 354 g/mol. The van der Waals surface area contributed by atoms with Crippen LogP contribution in [0.3, 0.4) is 0 Å². The number of carbonyl (C=O) groups is 1. The van der Waals surface area contributed by atoms with Gasteiger partial charge in [0.1, 0.15) is 23.4 Å². The highest BCUT2D eigenvalue weighted by Gasteiger charge is 2.26. The summed E-state index contributed by atoms with van der Waals surface area (Å²) in [5, 5.41) is 0. The number of morpholine rings is 1. The lowest BCUT2D eigenvalue weighted by atomic mass is 10.1. The van der Waals surface area contributed by atoms with Crippen molar-refractivity contribution in [2.45, 2.75) is 24.8 Å². The lowest BCUT2D eigenvalue weighted by Crippen LogP contribution is -2.42. The van der Waals surface area contributed by atoms with Gasteiger partial charge in [0.2, 0.25) is 5.91 Å². The molecule has 1 amide bonds. The molecule has 0 aromatic heterocycles. The standard InChI is InChI=1S/C19H21NO5S/c1-3-20-12-18(24-13-19(20)21)15-6-8-16(9-7-15)25-26(22,23)17-10-4-14(2)5-11-17/h4-11,18H,3,12-13H2,1-2H3/t18-/m1/s1. The summed E-state index contributed by atoms with van der Waals surface area (Å²) >= 11 is 0. The lowest BCUT2D eigenvalue weighted by Gasteiger charge is -2.32. The van der Waals surface area contributed by atoms with Gasteiger partial charge in [-0.1, -0.05) is 29.8 Å². The summed E-state index contributed by atoms with van der Waals surface area (Å²) in [7, 11) is -3.87. The third-order valence-electron chi connectivity index (χ3n) is 4.30. The minimum Gasteiger partial charge on any atom is -0.379 e. The Bertz CT molecular complexity index is 875. The van der Waals surface area contributed by atoms with Gasteiger partial charge in [-0.2, -0.15) is 8.42 Å². The number of ether oxygens (including phenoxy) is 1. The maximum Gasteiger partial charge on any atom is 0.339 e. The van der Waals surface area contributed by atoms with Gasteiger partial charge in [0.15, 0.2) is 0 Å². The maximum atomic E-state index is 12.3. The fourth-order valence-electron chi connectivity index (χ4n) is 2.74. The van der Waals surface area contributed by atoms with Crippen molar-refractivity contribution in [3.8, 4) is 5.75 Å². The van der Waals surface area contributed by atoms with Crippen LogP contribution in [0.5, 0.6) is 5.75 Å². The first kappa shape index (κ1) is 18.4. The van der Waals surface area contributed by atoms with Crippen molar-refractivity contribution in [2.24, 2.45) is 0 Å². The van der Waals surface area contributed by atoms with Crippen molar-refractivity contribution < 1.29 is 22.1 Å². The van der Waals surface area contributed by atoms with Crippen LogP contribution in [0.4, 0.5) is 0 Å². The topological polar surface area (TPSA) is 72.9 Å². The molecule has 1 heterocycles. The largest absolute Gasteiger partial charge is 0.379 e. The average Bonchev–Trinajstić information content (AvgIpc) is 2.63. The zero-order chi connectivity index (χ0) is 18.7. The Kier molecular flexibility index (Phi) is 5.29. The smallest absolute Gasteiger partial charge is 0.339 e. The molecule has 0 saturated carbocycles. The molecule has 7 heteroatoms. The molecule has 26 heavy (non-hydrogen) atoms. The van der Waals surface area contributed by atoms with Crippen LogP contribution in [0.2, 0.25) is 0 Å². The van der Waals surface area contributed by atoms with Crippen LogP contribution in [0.25, 0.3) is 0 Å². The van der Waals surface area contributed by atoms with Crippen LogP contribution in [0, 0.1) is 6.92 Å². The highest BCUT2D eigenvalue weighted by Crippen LogP contribution is 2.26. The molecule has 0 radical (unpaired) electrons. The van der Waals surface area contributed by atoms with E-state index in [0.29, 0.717) is 13.1 Å². The number of aryl methyl sites for hydroxylation is 1. The molecule has 6 nitrogen and oxygen atoms in total. The molecule has 2 aromatic carbocycles. The summed E-state index contributed by atoms with van der Waals surface area (Å²) in [6, 6.07) is 13.2. The molecule has 1 aliphatic rings. The van der Waals surface area contributed by atoms with Crippen molar-refractivity contribution in [3.05, 3.63) is 59.7 Å². The molecule has 138 valence electrons. The first-order valence-electron chi connectivity index (χ1n) is 8.39. The zero-order valence-electron chi connectivity index (χ0n) is 14.7. The van der Waals surface area contributed by atoms with Crippen LogP contribution < -0.4 is 4.18 Å². The van der Waals surface area contributed by atoms with Gasteiger partial charge in [0.05, 0.1) is 6.54 Å². The van der Waals surface area contributed by atoms with E-state index in [1.807, 2.05) is 13.8 Å². The number of amides is 1. The van der Waals surface area contributed by atoms with Crippen LogP contribution in [-0.2, 0) is 19.6 Å². The summed E-state index contributed by atoms with van der Waals surface area (Å²) in [6.45, 7) is 4.98. The van der Waals surface area contributed by atoms with Crippen LogP contribution >= 0.6 is 0 Å². The number of hydrogen-bond donors (Lipinski definition) is 0. The maximum absolute atomic E-state index is 12.3. The van der Waals surface area contributed by atoms with E-state index in [1.165, 1.54) is 12.1 Å². The van der Waals surface area contributed by atoms with E-state index in [1.54, 1.807) is 41.3 Å². The number of hydrogen-bond acceptors (Lipinski definition) is 5. The monoisotopic (exact) mass is 375 g/mol. The first-order chi connectivity index (χ1) is 12.4. The summed E-state index contributed by atoms with van der Waals surface area (Å²) < 4.78 is 35.4. The zero-order valence-corrected chi connectivity index (χ0v) is 15.5. The van der Waals surface area contributed by atoms with E-state index >= 15 is 0 Å². The molecule has 1 aliphatic heterocycles. The highest BCUT2D eigenvalue weighted by atomic mass is 32.2. The van der Waals surface area contributed by atoms with E-state index in [9.17, 15) is 13.2 Å². The Labute approximate surface area is 153 Å². The Morgan fingerprint density at radius 1 is 1.12 bits per heavy atom. The van der Waals surface area contributed by atoms with Crippen molar-refractivity contribution in [3.63, 3.8) is 0 Å². The molecule has 0 spiro atoms. The molecular formula is C19H21NO5S. The van der Waals surface area contributed by atoms with Gasteiger partial charge in [-0.3, -0.25) is 4.79 Å². The third-order valence-corrected chi connectivity index (χ3v) is 5.56. The van der Waals surface area contributed by atoms with E-state index in [0.717, 1.165) is 11.1 Å². The second-order valence-electron chi connectivity index (χ2n) is 6.15. The molecule has 1 atom stereocenters. The van der Waals surface area contributed by atoms with Gasteiger partial charge >= 0.3 is 10.1 Å². The fraction of sp³-hybridized carbons (Fsp3) is 0.316. The number of likely N-dealkylation sites (N-methyl/N-ethyl adjacent to an activating group) is 1. The summed E-state index contributed by atoms with van der Waals surface area (Å²) in [5.41, 5.74) is 1.84. The van der Waals surface area contributed by atoms with Crippen LogP contribution in [0.1, 0.15) is 24.2 Å². The first-order valence-corrected chi connectivity index (χ1v) is 9.80. The third kappa shape index (κ3) is 4.05. The predicted molar refractivity (Wildman–Crippen MR) is 96.4 cm³/mol. The Morgan fingerprint density at radius 2 is 1.77 bits per heavy atom. The number of nitrogens with zero attached hydrogens (tertiary/aromatic N) is 1. The minimum atomic E-state index is -3.87. The Morgan fingerprint density at radius 3 is 2.38 bits per heavy atom. The molecule has 1 fully saturated rings. The van der Waals surface area contributed by atoms with Gasteiger partial charge in [-0.15, -0.1) is 0 Å². The molecule has 3 rings (SSSR count). The van der Waals surface area contributed by atoms with Crippen molar-refractivity contribution in [1.82, 2.24) is 4.90 Å². The predicted octanol–water partition coefficient (Wildman–Crippen LogP) is 2.68. The van der Waals surface area contributed by atoms with Gasteiger partial charge < -0.3 is 13.8 Å². The van der Waals surface area contributed by atoms with E-state index < -0.39 is 10.1 Å². The number of rotatable bonds is 5. The molecule has 0 N–H and O–H groups in total. The summed E-state index contributed by atoms with van der Waals surface area (Å²) in [5.74, 6) is 0.210. The average molecular weight is 375 g/mol. The lowest BCUT2D eigenvalue weighted by molar-refractivity contribution is -0.148. The van der Waals surface area contributed by atoms with Gasteiger partial charge in [0.25, 0.3) is 0 Å². The fourth-order valence-corrected chi connectivity index (χ4v) is 3.67. The second kappa shape index (κ2) is 7.47. The van der Waals surface area contributed by atoms with E-state index in [2.05, 4.69) is 0 Å². The molecule has 0 bridgehead atoms. The Balaban J connectivity index is 1.71. The van der Waals surface area contributed by atoms with E-state index in [-0.39, 0.29) is 29.3 Å². The molecule has 2 aromatic rings. The van der Waals surface area contributed by atoms with Gasteiger partial charge in [-0.25, -0.2) is 0 Å². The van der Waals surface area contributed by atoms with Crippen LogP contribution in [0.15, 0.2) is 53.4 Å². The van der Waals surface area contributed by atoms with Gasteiger partial charge in [0, 0.05) is 6.54 Å². The number of benzene rings is 2. The van der Waals surface area contributed by atoms with Crippen molar-refractivity contribution in [1.29, 1.82) is 0 Å².